The number of hydrogen-bond donors (Lipinski definition) is 2. The van der Waals surface area contributed by atoms with Crippen molar-refractivity contribution in [3.8, 4) is 23.0 Å². The summed E-state index contributed by atoms with van der Waals surface area (Å²) in [7, 11) is 5.67. The number of pyridine rings is 1. The van der Waals surface area contributed by atoms with Crippen molar-refractivity contribution in [3.05, 3.63) is 60.2 Å². The minimum atomic E-state index is -0.657. The highest BCUT2D eigenvalue weighted by Crippen LogP contribution is 2.42. The van der Waals surface area contributed by atoms with Gasteiger partial charge in [-0.05, 0) is 58.1 Å². The van der Waals surface area contributed by atoms with E-state index in [1.807, 2.05) is 0 Å². The van der Waals surface area contributed by atoms with Gasteiger partial charge in [-0.1, -0.05) is 5.16 Å². The van der Waals surface area contributed by atoms with Gasteiger partial charge in [-0.25, -0.2) is 9.18 Å². The molecule has 0 bridgehead atoms. The number of nitrogens with one attached hydrogen (secondary N) is 2. The number of anilines is 2. The summed E-state index contributed by atoms with van der Waals surface area (Å²) in [6, 6.07) is 10.3. The molecule has 10 nitrogen and oxygen atoms in total. The highest BCUT2D eigenvalue weighted by atomic mass is 19.1. The van der Waals surface area contributed by atoms with E-state index in [-0.39, 0.29) is 22.8 Å². The summed E-state index contributed by atoms with van der Waals surface area (Å²) in [5.41, 5.74) is 0.903. The van der Waals surface area contributed by atoms with Gasteiger partial charge in [0.05, 0.1) is 18.2 Å². The molecular formula is C27H28FN5O5. The fourth-order valence-electron chi connectivity index (χ4n) is 4.05. The topological polar surface area (TPSA) is 111 Å². The monoisotopic (exact) mass is 521 g/mol. The maximum atomic E-state index is 14.9. The fourth-order valence-corrected chi connectivity index (χ4v) is 4.05. The van der Waals surface area contributed by atoms with Gasteiger partial charge in [-0.2, -0.15) is 0 Å². The van der Waals surface area contributed by atoms with Gasteiger partial charge < -0.3 is 29.0 Å². The quantitative estimate of drug-likeness (QED) is 0.293. The van der Waals surface area contributed by atoms with Crippen LogP contribution in [-0.4, -0.2) is 54.4 Å². The smallest absolute Gasteiger partial charge is 0.324 e. The Hall–Kier alpha value is -4.38. The molecule has 11 heteroatoms. The van der Waals surface area contributed by atoms with Gasteiger partial charge >= 0.3 is 6.03 Å². The van der Waals surface area contributed by atoms with Crippen LogP contribution in [0.1, 0.15) is 18.6 Å². The van der Waals surface area contributed by atoms with Crippen LogP contribution in [0.3, 0.4) is 0 Å². The number of likely N-dealkylation sites (N-methyl/N-ethyl adjacent to an activating group) is 1. The van der Waals surface area contributed by atoms with E-state index in [4.69, 9.17) is 18.7 Å². The molecule has 0 aliphatic heterocycles. The van der Waals surface area contributed by atoms with Crippen LogP contribution in [0, 0.1) is 12.7 Å². The molecule has 1 aliphatic carbocycles. The van der Waals surface area contributed by atoms with Crippen molar-refractivity contribution >= 4 is 28.4 Å². The second-order valence-corrected chi connectivity index (χ2v) is 9.39. The van der Waals surface area contributed by atoms with E-state index < -0.39 is 11.8 Å². The number of rotatable bonds is 9. The molecule has 2 amide bonds. The number of nitrogens with zero attached hydrogens (tertiary/aromatic N) is 3. The van der Waals surface area contributed by atoms with Gasteiger partial charge in [-0.3, -0.25) is 10.3 Å². The lowest BCUT2D eigenvalue weighted by molar-refractivity contribution is 0.164. The summed E-state index contributed by atoms with van der Waals surface area (Å²) >= 11 is 0. The van der Waals surface area contributed by atoms with Crippen molar-refractivity contribution in [3.63, 3.8) is 0 Å². The Kier molecular flexibility index (Phi) is 6.77. The van der Waals surface area contributed by atoms with Crippen LogP contribution in [-0.2, 0) is 0 Å². The van der Waals surface area contributed by atoms with Crippen molar-refractivity contribution in [1.82, 2.24) is 15.0 Å². The molecule has 0 saturated heterocycles. The molecule has 2 heterocycles. The second kappa shape index (κ2) is 10.2. The van der Waals surface area contributed by atoms with Crippen molar-refractivity contribution in [2.24, 2.45) is 0 Å². The van der Waals surface area contributed by atoms with Crippen LogP contribution in [0.15, 0.2) is 53.2 Å². The molecule has 0 radical (unpaired) electrons. The van der Waals surface area contributed by atoms with Gasteiger partial charge in [0, 0.05) is 35.5 Å². The third-order valence-electron chi connectivity index (χ3n) is 6.54. The number of hydrogen-bond acceptors (Lipinski definition) is 8. The second-order valence-electron chi connectivity index (χ2n) is 9.39. The zero-order chi connectivity index (χ0) is 26.9. The Morgan fingerprint density at radius 3 is 2.55 bits per heavy atom. The Balaban J connectivity index is 1.32. The third kappa shape index (κ3) is 5.32. The first kappa shape index (κ1) is 25.3. The number of halogens is 1. The van der Waals surface area contributed by atoms with Gasteiger partial charge in [0.25, 0.3) is 0 Å². The van der Waals surface area contributed by atoms with Crippen LogP contribution >= 0.6 is 0 Å². The van der Waals surface area contributed by atoms with Crippen LogP contribution < -0.4 is 24.8 Å². The molecule has 1 aliphatic rings. The zero-order valence-electron chi connectivity index (χ0n) is 21.5. The number of urea groups is 1. The summed E-state index contributed by atoms with van der Waals surface area (Å²) in [6.07, 6.45) is 3.75. The van der Waals surface area contributed by atoms with Gasteiger partial charge in [0.2, 0.25) is 0 Å². The average molecular weight is 522 g/mol. The normalized spacial score (nSPS) is 13.8. The fraction of sp³-hybridized carbons (Fsp3) is 0.296. The predicted octanol–water partition coefficient (Wildman–Crippen LogP) is 5.59. The molecule has 38 heavy (non-hydrogen) atoms. The molecule has 198 valence electrons. The summed E-state index contributed by atoms with van der Waals surface area (Å²) in [5.74, 6) is 1.63. The first-order chi connectivity index (χ1) is 18.3. The number of benzene rings is 2. The van der Waals surface area contributed by atoms with E-state index in [2.05, 4.69) is 39.8 Å². The summed E-state index contributed by atoms with van der Waals surface area (Å²) in [5, 5.41) is 9.37. The van der Waals surface area contributed by atoms with Gasteiger partial charge in [0.1, 0.15) is 18.1 Å². The van der Waals surface area contributed by atoms with Gasteiger partial charge in [-0.15, -0.1) is 0 Å². The van der Waals surface area contributed by atoms with E-state index in [1.165, 1.54) is 12.1 Å². The van der Waals surface area contributed by atoms with Gasteiger partial charge in [0.15, 0.2) is 28.9 Å². The number of aryl methyl sites for hydroxylation is 1. The molecule has 2 aromatic carbocycles. The van der Waals surface area contributed by atoms with Crippen LogP contribution in [0.5, 0.6) is 23.0 Å². The number of methoxy groups -OCH3 is 1. The molecule has 2 aromatic heterocycles. The maximum Gasteiger partial charge on any atom is 0.324 e. The van der Waals surface area contributed by atoms with Crippen LogP contribution in [0.4, 0.5) is 20.7 Å². The lowest BCUT2D eigenvalue weighted by Gasteiger charge is -2.24. The number of fused-ring (bicyclic) bond motifs is 1. The highest BCUT2D eigenvalue weighted by Gasteiger charge is 2.45. The average Bonchev–Trinajstić information content (AvgIpc) is 3.58. The Morgan fingerprint density at radius 1 is 1.08 bits per heavy atom. The lowest BCUT2D eigenvalue weighted by Crippen LogP contribution is -2.35. The number of ether oxygens (including phenoxy) is 3. The van der Waals surface area contributed by atoms with E-state index in [9.17, 15) is 9.18 Å². The molecule has 1 fully saturated rings. The molecule has 1 saturated carbocycles. The van der Waals surface area contributed by atoms with Crippen molar-refractivity contribution in [1.29, 1.82) is 0 Å². The minimum Gasteiger partial charge on any atom is -0.493 e. The van der Waals surface area contributed by atoms with Crippen LogP contribution in [0.2, 0.25) is 0 Å². The lowest BCUT2D eigenvalue weighted by atomic mass is 10.1. The van der Waals surface area contributed by atoms with E-state index in [1.54, 1.807) is 44.5 Å². The molecule has 0 spiro atoms. The Bertz CT molecular complexity index is 1480. The minimum absolute atomic E-state index is 0.0171. The highest BCUT2D eigenvalue weighted by molar-refractivity contribution is 5.99. The van der Waals surface area contributed by atoms with E-state index in [0.29, 0.717) is 40.5 Å². The molecule has 0 unspecified atom stereocenters. The summed E-state index contributed by atoms with van der Waals surface area (Å²) < 4.78 is 37.4. The molecule has 2 N–H and O–H groups in total. The van der Waals surface area contributed by atoms with Crippen molar-refractivity contribution < 1.29 is 27.9 Å². The molecule has 4 aromatic rings. The van der Waals surface area contributed by atoms with Crippen LogP contribution in [0.25, 0.3) is 10.9 Å². The third-order valence-corrected chi connectivity index (χ3v) is 6.54. The standard InChI is InChI=1S/C27H28FN5O5/c1-16-11-25(32-38-16)31-26(34)30-17-5-6-22(19(28)12-17)37-21-7-10-29-20-14-24(23(35-4)13-18(20)21)36-15-27(8-9-27)33(2)3/h5-7,10-14H,8-9,15H2,1-4H3,(H2,30,31,32,34). The van der Waals surface area contributed by atoms with E-state index in [0.717, 1.165) is 18.9 Å². The number of amides is 2. The first-order valence-electron chi connectivity index (χ1n) is 12.0. The molecule has 0 atom stereocenters. The van der Waals surface area contributed by atoms with Crippen molar-refractivity contribution in [2.75, 3.05) is 38.4 Å². The molecular weight excluding hydrogens is 493 g/mol. The zero-order valence-corrected chi connectivity index (χ0v) is 21.5. The largest absolute Gasteiger partial charge is 0.493 e. The van der Waals surface area contributed by atoms with E-state index >= 15 is 0 Å². The number of carbonyl (C=O) groups excluding carboxylic acids is 1. The Labute approximate surface area is 218 Å². The van der Waals surface area contributed by atoms with Crippen molar-refractivity contribution in [2.45, 2.75) is 25.3 Å². The first-order valence-corrected chi connectivity index (χ1v) is 12.0. The predicted molar refractivity (Wildman–Crippen MR) is 140 cm³/mol. The Morgan fingerprint density at radius 2 is 1.89 bits per heavy atom. The summed E-state index contributed by atoms with van der Waals surface area (Å²) in [6.45, 7) is 2.24. The maximum absolute atomic E-state index is 14.9. The SMILES string of the molecule is COc1cc2c(Oc3ccc(NC(=O)Nc4cc(C)on4)cc3F)ccnc2cc1OCC1(N(C)C)CC1. The number of carbonyl (C=O) groups is 1. The summed E-state index contributed by atoms with van der Waals surface area (Å²) in [4.78, 5) is 18.8. The number of aromatic nitrogens is 2. The molecule has 5 rings (SSSR count).